The number of aliphatic imine (C=N–C) groups is 1. The number of aromatic nitrogens is 3. The predicted molar refractivity (Wildman–Crippen MR) is 148 cm³/mol. The molecule has 2 amide bonds. The van der Waals surface area contributed by atoms with Crippen molar-refractivity contribution in [3.63, 3.8) is 0 Å². The quantitative estimate of drug-likeness (QED) is 0.0896. The van der Waals surface area contributed by atoms with Crippen LogP contribution in [0.4, 0.5) is 38.1 Å². The summed E-state index contributed by atoms with van der Waals surface area (Å²) < 4.78 is 68.3. The van der Waals surface area contributed by atoms with E-state index in [0.29, 0.717) is 22.8 Å². The molecular weight excluding hydrogens is 567 g/mol. The number of anilines is 2. The fourth-order valence-electron chi connectivity index (χ4n) is 3.61. The normalized spacial score (nSPS) is 12.4. The molecule has 2 N–H and O–H groups in total. The van der Waals surface area contributed by atoms with Gasteiger partial charge in [0.1, 0.15) is 12.1 Å². The lowest BCUT2D eigenvalue weighted by molar-refractivity contribution is -0.360. The second-order valence-electron chi connectivity index (χ2n) is 8.93. The third kappa shape index (κ3) is 7.39. The monoisotopic (exact) mass is 590 g/mol. The Bertz CT molecular complexity index is 1540. The average Bonchev–Trinajstić information content (AvgIpc) is 3.39. The molecular formula is C27H23F5N6O2S. The molecule has 0 fully saturated rings. The highest BCUT2D eigenvalue weighted by Crippen LogP contribution is 2.37. The van der Waals surface area contributed by atoms with Crippen molar-refractivity contribution in [1.82, 2.24) is 14.8 Å². The number of carbonyl (C=O) groups is 1. The van der Waals surface area contributed by atoms with E-state index in [1.165, 1.54) is 23.1 Å². The van der Waals surface area contributed by atoms with Gasteiger partial charge in [-0.05, 0) is 66.1 Å². The van der Waals surface area contributed by atoms with E-state index in [1.807, 2.05) is 24.3 Å². The van der Waals surface area contributed by atoms with Crippen molar-refractivity contribution in [1.29, 1.82) is 0 Å². The molecule has 0 saturated carbocycles. The summed E-state index contributed by atoms with van der Waals surface area (Å²) in [5.74, 6) is -0.106. The van der Waals surface area contributed by atoms with Gasteiger partial charge in [-0.25, -0.2) is 14.5 Å². The fourth-order valence-corrected chi connectivity index (χ4v) is 3.82. The van der Waals surface area contributed by atoms with Gasteiger partial charge < -0.3 is 15.4 Å². The summed E-state index contributed by atoms with van der Waals surface area (Å²) in [6.45, 7) is 4.10. The summed E-state index contributed by atoms with van der Waals surface area (Å²) in [6, 6.07) is 18.0. The van der Waals surface area contributed by atoms with Gasteiger partial charge in [-0.2, -0.15) is 26.9 Å². The van der Waals surface area contributed by atoms with Gasteiger partial charge in [-0.3, -0.25) is 0 Å². The van der Waals surface area contributed by atoms with Gasteiger partial charge in [0.2, 0.25) is 0 Å². The Balaban J connectivity index is 1.38. The Hall–Kier alpha value is -4.46. The lowest BCUT2D eigenvalue weighted by Gasteiger charge is -2.20. The lowest BCUT2D eigenvalue weighted by Crippen LogP contribution is -2.41. The van der Waals surface area contributed by atoms with E-state index >= 15 is 0 Å². The first kappa shape index (κ1) is 29.5. The van der Waals surface area contributed by atoms with Crippen LogP contribution in [-0.2, 0) is 0 Å². The number of ether oxygens (including phenoxy) is 1. The van der Waals surface area contributed by atoms with Crippen molar-refractivity contribution < 1.29 is 31.5 Å². The zero-order chi connectivity index (χ0) is 29.8. The fraction of sp³-hybridized carbons (Fsp3) is 0.185. The number of urea groups is 1. The van der Waals surface area contributed by atoms with Crippen molar-refractivity contribution in [2.75, 3.05) is 10.6 Å². The molecule has 214 valence electrons. The van der Waals surface area contributed by atoms with Crippen LogP contribution in [-0.4, -0.2) is 38.2 Å². The Morgan fingerprint density at radius 2 is 1.61 bits per heavy atom. The summed E-state index contributed by atoms with van der Waals surface area (Å²) in [5.41, 5.74) is 3.25. The van der Waals surface area contributed by atoms with Crippen LogP contribution in [0.5, 0.6) is 5.75 Å². The van der Waals surface area contributed by atoms with E-state index in [-0.39, 0.29) is 11.1 Å². The summed E-state index contributed by atoms with van der Waals surface area (Å²) >= 11 is 4.27. The topological polar surface area (TPSA) is 93.4 Å². The molecule has 0 aliphatic rings. The first-order chi connectivity index (χ1) is 19.3. The molecule has 0 unspecified atom stereocenters. The van der Waals surface area contributed by atoms with Gasteiger partial charge in [0.25, 0.3) is 0 Å². The molecule has 0 aliphatic heterocycles. The molecule has 4 aromatic rings. The first-order valence-electron chi connectivity index (χ1n) is 12.0. The van der Waals surface area contributed by atoms with Gasteiger partial charge >= 0.3 is 18.3 Å². The molecule has 1 heterocycles. The van der Waals surface area contributed by atoms with Gasteiger partial charge in [0, 0.05) is 16.9 Å². The maximum absolute atomic E-state index is 13.1. The number of rotatable bonds is 7. The minimum absolute atomic E-state index is 0.121. The molecule has 41 heavy (non-hydrogen) atoms. The van der Waals surface area contributed by atoms with Crippen LogP contribution in [0.25, 0.3) is 17.1 Å². The highest BCUT2D eigenvalue weighted by molar-refractivity contribution is 7.97. The molecule has 0 saturated heterocycles. The number of halogens is 5. The van der Waals surface area contributed by atoms with Gasteiger partial charge in [0.15, 0.2) is 11.0 Å². The van der Waals surface area contributed by atoms with Gasteiger partial charge in [0.05, 0.1) is 5.69 Å². The molecule has 0 atom stereocenters. The van der Waals surface area contributed by atoms with Crippen LogP contribution in [0.3, 0.4) is 0 Å². The number of para-hydroxylation sites is 1. The number of benzene rings is 3. The lowest BCUT2D eigenvalue weighted by atomic mass is 10.0. The smallest absolute Gasteiger partial charge is 0.426 e. The van der Waals surface area contributed by atoms with E-state index in [1.54, 1.807) is 24.3 Å². The van der Waals surface area contributed by atoms with Crippen LogP contribution in [0.15, 0.2) is 84.1 Å². The summed E-state index contributed by atoms with van der Waals surface area (Å²) in [6.07, 6.45) is -9.82. The van der Waals surface area contributed by atoms with Crippen LogP contribution in [0, 0.1) is 0 Å². The van der Waals surface area contributed by atoms with Crippen LogP contribution in [0.1, 0.15) is 25.3 Å². The maximum atomic E-state index is 13.1. The highest BCUT2D eigenvalue weighted by atomic mass is 32.1. The number of thiol groups is 1. The van der Waals surface area contributed by atoms with E-state index < -0.39 is 24.1 Å². The van der Waals surface area contributed by atoms with Crippen LogP contribution in [0.2, 0.25) is 0 Å². The third-order valence-electron chi connectivity index (χ3n) is 5.60. The Labute approximate surface area is 236 Å². The average molecular weight is 591 g/mol. The molecule has 0 radical (unpaired) electrons. The number of amidine groups is 1. The summed E-state index contributed by atoms with van der Waals surface area (Å²) in [4.78, 5) is 20.5. The number of alkyl halides is 5. The van der Waals surface area contributed by atoms with Gasteiger partial charge in [-0.1, -0.05) is 32.0 Å². The highest BCUT2D eigenvalue weighted by Gasteiger charge is 2.61. The molecule has 0 spiro atoms. The number of hydrogen-bond donors (Lipinski definition) is 3. The standard InChI is InChI=1S/C27H23F5N6O2S/c1-16(2)21-5-3-4-6-22(21)35-25(41)36-24(39)34-18-9-7-17(8-10-18)23-33-15-38(37-23)19-11-13-20(14-12-19)40-27(31,32)26(28,29)30/h3-16H,1-2H3,(H3,34,35,36,39,41). The van der Waals surface area contributed by atoms with Crippen molar-refractivity contribution in [2.45, 2.75) is 32.1 Å². The minimum atomic E-state index is -5.84. The second kappa shape index (κ2) is 12.0. The number of carbonyl (C=O) groups excluding carboxylic acids is 1. The first-order valence-corrected chi connectivity index (χ1v) is 12.5. The van der Waals surface area contributed by atoms with Crippen LogP contribution < -0.4 is 15.4 Å². The Morgan fingerprint density at radius 1 is 0.951 bits per heavy atom. The zero-order valence-electron chi connectivity index (χ0n) is 21.5. The second-order valence-corrected chi connectivity index (χ2v) is 9.36. The maximum Gasteiger partial charge on any atom is 0.499 e. The summed E-state index contributed by atoms with van der Waals surface area (Å²) in [5, 5.41) is 10.1. The number of nitrogens with one attached hydrogen (secondary N) is 2. The minimum Gasteiger partial charge on any atom is -0.426 e. The van der Waals surface area contributed by atoms with E-state index in [9.17, 15) is 26.7 Å². The van der Waals surface area contributed by atoms with Crippen molar-refractivity contribution >= 4 is 35.2 Å². The zero-order valence-corrected chi connectivity index (χ0v) is 22.4. The molecule has 1 aromatic heterocycles. The van der Waals surface area contributed by atoms with E-state index in [4.69, 9.17) is 0 Å². The molecule has 14 heteroatoms. The Morgan fingerprint density at radius 3 is 2.24 bits per heavy atom. The SMILES string of the molecule is CC(C)c1ccccc1N/C(S)=N/C(=O)Nc1ccc(-c2ncn(-c3ccc(OC(F)(F)C(F)(F)F)cc3)n2)cc1. The largest absolute Gasteiger partial charge is 0.499 e. The molecule has 4 rings (SSSR count). The van der Waals surface area contributed by atoms with Crippen LogP contribution >= 0.6 is 12.6 Å². The molecule has 0 bridgehead atoms. The van der Waals surface area contributed by atoms with Crippen molar-refractivity contribution in [3.05, 3.63) is 84.7 Å². The molecule has 8 nitrogen and oxygen atoms in total. The molecule has 0 aliphatic carbocycles. The third-order valence-corrected chi connectivity index (χ3v) is 5.81. The van der Waals surface area contributed by atoms with E-state index in [0.717, 1.165) is 23.4 Å². The van der Waals surface area contributed by atoms with E-state index in [2.05, 4.69) is 56.9 Å². The number of amides is 2. The Kier molecular flexibility index (Phi) is 8.61. The summed E-state index contributed by atoms with van der Waals surface area (Å²) in [7, 11) is 0. The number of nitrogens with zero attached hydrogens (tertiary/aromatic N) is 4. The van der Waals surface area contributed by atoms with Gasteiger partial charge in [-0.15, -0.1) is 17.7 Å². The predicted octanol–water partition coefficient (Wildman–Crippen LogP) is 7.52. The van der Waals surface area contributed by atoms with Crippen molar-refractivity contribution in [3.8, 4) is 22.8 Å². The van der Waals surface area contributed by atoms with Crippen molar-refractivity contribution in [2.24, 2.45) is 4.99 Å². The number of hydrogen-bond acceptors (Lipinski definition) is 4. The molecule has 3 aromatic carbocycles.